The third-order valence-corrected chi connectivity index (χ3v) is 12.3. The highest BCUT2D eigenvalue weighted by atomic mass is 32.2. The van der Waals surface area contributed by atoms with Gasteiger partial charge in [-0.25, -0.2) is 16.8 Å². The summed E-state index contributed by atoms with van der Waals surface area (Å²) >= 11 is 0. The van der Waals surface area contributed by atoms with E-state index < -0.39 is 53.3 Å². The van der Waals surface area contributed by atoms with Crippen LogP contribution < -0.4 is 5.32 Å². The van der Waals surface area contributed by atoms with Crippen molar-refractivity contribution in [3.8, 4) is 0 Å². The third-order valence-electron chi connectivity index (χ3n) is 8.40. The Labute approximate surface area is 294 Å². The van der Waals surface area contributed by atoms with Gasteiger partial charge in [-0.05, 0) is 81.5 Å². The fraction of sp³-hybridized carbons (Fsp3) is 0.282. The van der Waals surface area contributed by atoms with Gasteiger partial charge in [0.05, 0.1) is 9.79 Å². The molecule has 11 heteroatoms. The maximum Gasteiger partial charge on any atom is 0.219 e. The minimum absolute atomic E-state index is 0.0754. The number of aryl methyl sites for hydroxylation is 3. The molecule has 9 nitrogen and oxygen atoms in total. The SMILES string of the molecule is CCCNCC1=C(O)C(=O)C(S(=O)(=O)c2ccc(C)cc2)C=C1.Cc1ccc(S(=O)(=O)C2C=CC(CCCc3ccccc3)=C(O)C2=O)cc1. The molecule has 2 aliphatic carbocycles. The number of nitrogens with one attached hydrogen (secondary N) is 1. The van der Waals surface area contributed by atoms with Gasteiger partial charge in [-0.2, -0.15) is 0 Å². The van der Waals surface area contributed by atoms with E-state index in [1.165, 1.54) is 48.1 Å². The quantitative estimate of drug-likeness (QED) is 0.186. The van der Waals surface area contributed by atoms with Crippen LogP contribution in [0.15, 0.2) is 136 Å². The number of ketones is 2. The largest absolute Gasteiger partial charge is 0.504 e. The lowest BCUT2D eigenvalue weighted by molar-refractivity contribution is -0.117. The molecule has 0 aromatic heterocycles. The van der Waals surface area contributed by atoms with E-state index in [9.17, 15) is 36.6 Å². The smallest absolute Gasteiger partial charge is 0.219 e. The second-order valence-corrected chi connectivity index (χ2v) is 16.4. The molecule has 3 N–H and O–H groups in total. The maximum absolute atomic E-state index is 12.8. The van der Waals surface area contributed by atoms with Crippen LogP contribution in [0.3, 0.4) is 0 Å². The summed E-state index contributed by atoms with van der Waals surface area (Å²) in [6.07, 6.45) is 8.83. The van der Waals surface area contributed by atoms with Gasteiger partial charge in [-0.3, -0.25) is 9.59 Å². The Hall–Kier alpha value is -4.58. The number of aliphatic hydroxyl groups is 2. The van der Waals surface area contributed by atoms with E-state index in [-0.39, 0.29) is 9.79 Å². The van der Waals surface area contributed by atoms with Crippen LogP contribution >= 0.6 is 0 Å². The van der Waals surface area contributed by atoms with Gasteiger partial charge in [0.15, 0.2) is 41.7 Å². The number of hydrogen-bond donors (Lipinski definition) is 3. The molecule has 0 amide bonds. The Morgan fingerprint density at radius 1 is 0.640 bits per heavy atom. The Bertz CT molecular complexity index is 2030. The molecule has 0 heterocycles. The highest BCUT2D eigenvalue weighted by Crippen LogP contribution is 2.28. The predicted octanol–water partition coefficient (Wildman–Crippen LogP) is 6.20. The van der Waals surface area contributed by atoms with Crippen molar-refractivity contribution < 1.29 is 36.6 Å². The van der Waals surface area contributed by atoms with Crippen molar-refractivity contribution in [2.75, 3.05) is 13.1 Å². The molecular weight excluding hydrogens is 675 g/mol. The second-order valence-electron chi connectivity index (χ2n) is 12.3. The zero-order valence-corrected chi connectivity index (χ0v) is 30.0. The Balaban J connectivity index is 0.000000228. The van der Waals surface area contributed by atoms with Crippen LogP contribution in [0.2, 0.25) is 0 Å². The molecule has 3 aromatic carbocycles. The van der Waals surface area contributed by atoms with Crippen molar-refractivity contribution in [2.45, 2.75) is 66.7 Å². The van der Waals surface area contributed by atoms with Crippen LogP contribution in [0, 0.1) is 13.8 Å². The summed E-state index contributed by atoms with van der Waals surface area (Å²) in [5, 5.41) is 20.6. The number of benzene rings is 3. The first-order valence-corrected chi connectivity index (χ1v) is 19.5. The number of rotatable bonds is 12. The van der Waals surface area contributed by atoms with Gasteiger partial charge >= 0.3 is 0 Å². The lowest BCUT2D eigenvalue weighted by atomic mass is 9.97. The standard InChI is InChI=1S/C22H22O4S.C17H21NO4S/c1-16-10-13-19(14-11-16)27(25,26)20-15-12-18(21(23)22(20)24)9-5-8-17-6-3-2-4-7-17;1-3-10-18-11-13-6-9-15(17(20)16(13)19)23(21,22)14-7-4-12(2)5-8-14/h2-4,6-7,10-15,20,23H,5,8-9H2,1H3;4-9,15,18-19H,3,10-11H2,1-2H3. The second kappa shape index (κ2) is 16.9. The average molecular weight is 718 g/mol. The number of allylic oxidation sites excluding steroid dienone is 4. The minimum atomic E-state index is -3.88. The van der Waals surface area contributed by atoms with Crippen molar-refractivity contribution >= 4 is 31.2 Å². The van der Waals surface area contributed by atoms with Gasteiger partial charge < -0.3 is 15.5 Å². The predicted molar refractivity (Wildman–Crippen MR) is 194 cm³/mol. The first kappa shape index (κ1) is 38.2. The molecule has 3 aromatic rings. The molecule has 5 rings (SSSR count). The molecule has 0 radical (unpaired) electrons. The van der Waals surface area contributed by atoms with Crippen LogP contribution in [0.25, 0.3) is 0 Å². The minimum Gasteiger partial charge on any atom is -0.504 e. The first-order valence-electron chi connectivity index (χ1n) is 16.4. The summed E-state index contributed by atoms with van der Waals surface area (Å²) in [5.74, 6) is -2.45. The summed E-state index contributed by atoms with van der Waals surface area (Å²) in [7, 11) is -7.74. The fourth-order valence-electron chi connectivity index (χ4n) is 5.44. The van der Waals surface area contributed by atoms with Crippen molar-refractivity contribution in [1.82, 2.24) is 5.32 Å². The highest BCUT2D eigenvalue weighted by molar-refractivity contribution is 7.93. The van der Waals surface area contributed by atoms with Gasteiger partial charge in [-0.1, -0.05) is 97.0 Å². The zero-order chi connectivity index (χ0) is 36.5. The summed E-state index contributed by atoms with van der Waals surface area (Å²) in [6, 6.07) is 22.6. The van der Waals surface area contributed by atoms with Gasteiger partial charge in [0.2, 0.25) is 11.6 Å². The van der Waals surface area contributed by atoms with Crippen LogP contribution in [0.5, 0.6) is 0 Å². The van der Waals surface area contributed by atoms with Crippen LogP contribution in [-0.4, -0.2) is 62.2 Å². The van der Waals surface area contributed by atoms with E-state index in [4.69, 9.17) is 0 Å². The Morgan fingerprint density at radius 2 is 1.10 bits per heavy atom. The first-order chi connectivity index (χ1) is 23.8. The van der Waals surface area contributed by atoms with Crippen LogP contribution in [0.4, 0.5) is 0 Å². The Kier molecular flexibility index (Phi) is 12.9. The third kappa shape index (κ3) is 9.15. The summed E-state index contributed by atoms with van der Waals surface area (Å²) < 4.78 is 50.7. The topological polar surface area (TPSA) is 155 Å². The van der Waals surface area contributed by atoms with Crippen molar-refractivity contribution in [3.05, 3.63) is 143 Å². The van der Waals surface area contributed by atoms with E-state index >= 15 is 0 Å². The van der Waals surface area contributed by atoms with E-state index in [0.717, 1.165) is 36.9 Å². The van der Waals surface area contributed by atoms with Gasteiger partial charge in [-0.15, -0.1) is 0 Å². The molecule has 2 aliphatic rings. The van der Waals surface area contributed by atoms with Crippen LogP contribution in [-0.2, 0) is 35.7 Å². The molecule has 0 bridgehead atoms. The number of carbonyl (C=O) groups excluding carboxylic acids is 2. The van der Waals surface area contributed by atoms with Crippen LogP contribution in [0.1, 0.15) is 42.9 Å². The van der Waals surface area contributed by atoms with Gasteiger partial charge in [0.1, 0.15) is 0 Å². The van der Waals surface area contributed by atoms with Crippen molar-refractivity contribution in [1.29, 1.82) is 0 Å². The molecule has 0 aliphatic heterocycles. The Morgan fingerprint density at radius 3 is 1.58 bits per heavy atom. The molecule has 2 unspecified atom stereocenters. The van der Waals surface area contributed by atoms with E-state index in [2.05, 4.69) is 5.32 Å². The molecule has 0 spiro atoms. The number of hydrogen-bond acceptors (Lipinski definition) is 9. The molecular formula is C39H43NO8S2. The summed E-state index contributed by atoms with van der Waals surface area (Å²) in [5.41, 5.74) is 3.96. The monoisotopic (exact) mass is 717 g/mol. The number of sulfone groups is 2. The molecule has 2 atom stereocenters. The normalized spacial score (nSPS) is 17.9. The summed E-state index contributed by atoms with van der Waals surface area (Å²) in [4.78, 5) is 25.0. The lowest BCUT2D eigenvalue weighted by Crippen LogP contribution is -2.34. The number of aliphatic hydroxyl groups excluding tert-OH is 2. The van der Waals surface area contributed by atoms with E-state index in [1.54, 1.807) is 30.3 Å². The zero-order valence-electron chi connectivity index (χ0n) is 28.4. The lowest BCUT2D eigenvalue weighted by Gasteiger charge is -2.19. The van der Waals surface area contributed by atoms with E-state index in [1.807, 2.05) is 51.1 Å². The van der Waals surface area contributed by atoms with Crippen molar-refractivity contribution in [3.63, 3.8) is 0 Å². The van der Waals surface area contributed by atoms with Gasteiger partial charge in [0, 0.05) is 12.1 Å². The molecule has 0 fully saturated rings. The number of carbonyl (C=O) groups is 2. The molecule has 50 heavy (non-hydrogen) atoms. The number of Topliss-reactive ketones (excluding diaryl/α,β-unsaturated/α-hetero) is 2. The average Bonchev–Trinajstić information content (AvgIpc) is 3.09. The van der Waals surface area contributed by atoms with Gasteiger partial charge in [0.25, 0.3) is 0 Å². The van der Waals surface area contributed by atoms with E-state index in [0.29, 0.717) is 24.1 Å². The molecule has 0 saturated carbocycles. The summed E-state index contributed by atoms with van der Waals surface area (Å²) in [6.45, 7) is 6.81. The highest BCUT2D eigenvalue weighted by Gasteiger charge is 2.38. The molecule has 264 valence electrons. The maximum atomic E-state index is 12.8. The van der Waals surface area contributed by atoms with Crippen molar-refractivity contribution in [2.24, 2.45) is 0 Å². The fourth-order valence-corrected chi connectivity index (χ4v) is 8.41. The molecule has 0 saturated heterocycles.